The summed E-state index contributed by atoms with van der Waals surface area (Å²) in [4.78, 5) is 10.2. The van der Waals surface area contributed by atoms with Crippen LogP contribution < -0.4 is 10.6 Å². The third kappa shape index (κ3) is 2.40. The second-order valence-electron chi connectivity index (χ2n) is 4.27. The molecule has 3 heterocycles. The van der Waals surface area contributed by atoms with Crippen molar-refractivity contribution in [2.75, 3.05) is 28.7 Å². The van der Waals surface area contributed by atoms with Crippen molar-refractivity contribution >= 4 is 45.1 Å². The van der Waals surface area contributed by atoms with Crippen LogP contribution in [0.5, 0.6) is 0 Å². The van der Waals surface area contributed by atoms with Crippen LogP contribution in [0.1, 0.15) is 13.3 Å². The molecule has 1 fully saturated rings. The predicted octanol–water partition coefficient (Wildman–Crippen LogP) is 3.04. The largest absolute Gasteiger partial charge is 0.366 e. The first-order valence-corrected chi connectivity index (χ1v) is 8.23. The molecule has 0 bridgehead atoms. The third-order valence-electron chi connectivity index (χ3n) is 2.93. The van der Waals surface area contributed by atoms with Gasteiger partial charge in [0.05, 0.1) is 5.39 Å². The first-order chi connectivity index (χ1) is 8.86. The molecule has 18 heavy (non-hydrogen) atoms. The SMILES string of the molecule is CCNc1nc(NC2CCSC2)c2ccsc2n1. The summed E-state index contributed by atoms with van der Waals surface area (Å²) in [6.45, 7) is 2.90. The molecule has 1 aliphatic rings. The minimum absolute atomic E-state index is 0.544. The summed E-state index contributed by atoms with van der Waals surface area (Å²) in [5.74, 6) is 4.12. The van der Waals surface area contributed by atoms with Gasteiger partial charge in [-0.3, -0.25) is 0 Å². The first-order valence-electron chi connectivity index (χ1n) is 6.20. The van der Waals surface area contributed by atoms with E-state index in [1.807, 2.05) is 11.8 Å². The maximum absolute atomic E-state index is 4.59. The third-order valence-corrected chi connectivity index (χ3v) is 4.90. The Bertz CT molecular complexity index is 534. The predicted molar refractivity (Wildman–Crippen MR) is 80.9 cm³/mol. The molecule has 6 heteroatoms. The number of rotatable bonds is 4. The van der Waals surface area contributed by atoms with Gasteiger partial charge < -0.3 is 10.6 Å². The van der Waals surface area contributed by atoms with Crippen molar-refractivity contribution in [1.82, 2.24) is 9.97 Å². The van der Waals surface area contributed by atoms with Crippen LogP contribution in [0.4, 0.5) is 11.8 Å². The number of nitrogens with one attached hydrogen (secondary N) is 2. The number of nitrogens with zero attached hydrogens (tertiary/aromatic N) is 2. The summed E-state index contributed by atoms with van der Waals surface area (Å²) < 4.78 is 0. The van der Waals surface area contributed by atoms with Crippen LogP contribution in [-0.4, -0.2) is 34.1 Å². The number of thioether (sulfide) groups is 1. The Morgan fingerprint density at radius 3 is 3.17 bits per heavy atom. The van der Waals surface area contributed by atoms with Crippen LogP contribution >= 0.6 is 23.1 Å². The van der Waals surface area contributed by atoms with Crippen molar-refractivity contribution < 1.29 is 0 Å². The van der Waals surface area contributed by atoms with Gasteiger partial charge in [0.2, 0.25) is 5.95 Å². The second-order valence-corrected chi connectivity index (χ2v) is 6.31. The zero-order valence-corrected chi connectivity index (χ0v) is 11.9. The zero-order valence-electron chi connectivity index (χ0n) is 10.3. The zero-order chi connectivity index (χ0) is 12.4. The Kier molecular flexibility index (Phi) is 3.56. The highest BCUT2D eigenvalue weighted by Gasteiger charge is 2.17. The van der Waals surface area contributed by atoms with E-state index in [1.165, 1.54) is 17.9 Å². The second kappa shape index (κ2) is 5.32. The lowest BCUT2D eigenvalue weighted by molar-refractivity contribution is 0.808. The van der Waals surface area contributed by atoms with E-state index in [2.05, 4.69) is 39.0 Å². The monoisotopic (exact) mass is 280 g/mol. The molecule has 0 spiro atoms. The summed E-state index contributed by atoms with van der Waals surface area (Å²) in [7, 11) is 0. The van der Waals surface area contributed by atoms with Gasteiger partial charge in [-0.05, 0) is 30.5 Å². The molecule has 0 aliphatic carbocycles. The molecule has 1 atom stereocenters. The normalized spacial score (nSPS) is 19.3. The van der Waals surface area contributed by atoms with Gasteiger partial charge in [-0.25, -0.2) is 4.98 Å². The topological polar surface area (TPSA) is 49.8 Å². The van der Waals surface area contributed by atoms with Crippen molar-refractivity contribution in [2.45, 2.75) is 19.4 Å². The van der Waals surface area contributed by atoms with Crippen molar-refractivity contribution in [3.8, 4) is 0 Å². The van der Waals surface area contributed by atoms with Crippen molar-refractivity contribution in [1.29, 1.82) is 0 Å². The molecule has 0 radical (unpaired) electrons. The Balaban J connectivity index is 1.93. The van der Waals surface area contributed by atoms with Crippen LogP contribution in [0.2, 0.25) is 0 Å². The van der Waals surface area contributed by atoms with E-state index in [0.717, 1.165) is 28.5 Å². The summed E-state index contributed by atoms with van der Waals surface area (Å²) in [5, 5.41) is 9.97. The number of fused-ring (bicyclic) bond motifs is 1. The van der Waals surface area contributed by atoms with E-state index < -0.39 is 0 Å². The van der Waals surface area contributed by atoms with E-state index in [-0.39, 0.29) is 0 Å². The summed E-state index contributed by atoms with van der Waals surface area (Å²) >= 11 is 3.67. The molecule has 1 saturated heterocycles. The maximum Gasteiger partial charge on any atom is 0.226 e. The summed E-state index contributed by atoms with van der Waals surface area (Å²) in [5.41, 5.74) is 0. The number of thiophene rings is 1. The minimum Gasteiger partial charge on any atom is -0.366 e. The lowest BCUT2D eigenvalue weighted by atomic mass is 10.2. The average Bonchev–Trinajstić information content (AvgIpc) is 2.99. The number of hydrogen-bond donors (Lipinski definition) is 2. The van der Waals surface area contributed by atoms with Gasteiger partial charge in [-0.15, -0.1) is 11.3 Å². The molecule has 2 aromatic heterocycles. The standard InChI is InChI=1S/C12H16N4S2/c1-2-13-12-15-10(14-8-3-5-17-7-8)9-4-6-18-11(9)16-12/h4,6,8H,2-3,5,7H2,1H3,(H2,13,14,15,16). The van der Waals surface area contributed by atoms with Gasteiger partial charge in [-0.2, -0.15) is 16.7 Å². The molecule has 0 aromatic carbocycles. The van der Waals surface area contributed by atoms with Crippen LogP contribution in [-0.2, 0) is 0 Å². The van der Waals surface area contributed by atoms with E-state index in [0.29, 0.717) is 6.04 Å². The van der Waals surface area contributed by atoms with Gasteiger partial charge in [0, 0.05) is 18.3 Å². The van der Waals surface area contributed by atoms with Crippen molar-refractivity contribution in [3.63, 3.8) is 0 Å². The molecular formula is C12H16N4S2. The van der Waals surface area contributed by atoms with E-state index in [1.54, 1.807) is 11.3 Å². The minimum atomic E-state index is 0.544. The fraction of sp³-hybridized carbons (Fsp3) is 0.500. The summed E-state index contributed by atoms with van der Waals surface area (Å²) in [6, 6.07) is 2.64. The van der Waals surface area contributed by atoms with Crippen LogP contribution in [0.25, 0.3) is 10.2 Å². The Morgan fingerprint density at radius 2 is 2.39 bits per heavy atom. The molecule has 3 rings (SSSR count). The van der Waals surface area contributed by atoms with Crippen LogP contribution in [0.3, 0.4) is 0 Å². The van der Waals surface area contributed by atoms with Gasteiger partial charge >= 0.3 is 0 Å². The Labute approximate surface area is 115 Å². The molecular weight excluding hydrogens is 264 g/mol. The fourth-order valence-corrected chi connectivity index (χ4v) is 3.96. The number of hydrogen-bond acceptors (Lipinski definition) is 6. The van der Waals surface area contributed by atoms with Gasteiger partial charge in [0.25, 0.3) is 0 Å². The van der Waals surface area contributed by atoms with Crippen LogP contribution in [0, 0.1) is 0 Å². The highest BCUT2D eigenvalue weighted by atomic mass is 32.2. The number of aromatic nitrogens is 2. The molecule has 2 aromatic rings. The highest BCUT2D eigenvalue weighted by molar-refractivity contribution is 7.99. The molecule has 1 aliphatic heterocycles. The lowest BCUT2D eigenvalue weighted by Gasteiger charge is -2.13. The van der Waals surface area contributed by atoms with Crippen molar-refractivity contribution in [2.24, 2.45) is 0 Å². The van der Waals surface area contributed by atoms with E-state index in [9.17, 15) is 0 Å². The molecule has 96 valence electrons. The highest BCUT2D eigenvalue weighted by Crippen LogP contribution is 2.29. The van der Waals surface area contributed by atoms with Gasteiger partial charge in [0.1, 0.15) is 10.6 Å². The van der Waals surface area contributed by atoms with Crippen LogP contribution in [0.15, 0.2) is 11.4 Å². The average molecular weight is 280 g/mol. The quantitative estimate of drug-likeness (QED) is 0.901. The van der Waals surface area contributed by atoms with E-state index in [4.69, 9.17) is 0 Å². The lowest BCUT2D eigenvalue weighted by Crippen LogP contribution is -2.19. The Morgan fingerprint density at radius 1 is 1.44 bits per heavy atom. The fourth-order valence-electron chi connectivity index (χ4n) is 2.04. The molecule has 0 amide bonds. The molecule has 0 saturated carbocycles. The summed E-state index contributed by atoms with van der Waals surface area (Å²) in [6.07, 6.45) is 1.22. The maximum atomic E-state index is 4.59. The number of anilines is 2. The molecule has 4 nitrogen and oxygen atoms in total. The molecule has 2 N–H and O–H groups in total. The first kappa shape index (κ1) is 12.0. The van der Waals surface area contributed by atoms with Gasteiger partial charge in [-0.1, -0.05) is 0 Å². The van der Waals surface area contributed by atoms with Crippen molar-refractivity contribution in [3.05, 3.63) is 11.4 Å². The van der Waals surface area contributed by atoms with Gasteiger partial charge in [0.15, 0.2) is 0 Å². The Hall–Kier alpha value is -1.01. The van der Waals surface area contributed by atoms with E-state index >= 15 is 0 Å². The smallest absolute Gasteiger partial charge is 0.226 e. The molecule has 1 unspecified atom stereocenters.